The minimum atomic E-state index is -0.188. The molecule has 0 fully saturated rings. The number of hydrogen-bond acceptors (Lipinski definition) is 7. The first-order valence-corrected chi connectivity index (χ1v) is 13.3. The lowest BCUT2D eigenvalue weighted by molar-refractivity contribution is -0.121. The molecule has 0 spiro atoms. The zero-order chi connectivity index (χ0) is 23.5. The molecule has 2 N–H and O–H groups in total. The van der Waals surface area contributed by atoms with Crippen LogP contribution in [0.3, 0.4) is 0 Å². The van der Waals surface area contributed by atoms with Crippen LogP contribution in [0, 0.1) is 0 Å². The van der Waals surface area contributed by atoms with Crippen molar-refractivity contribution in [3.05, 3.63) is 82.9 Å². The lowest BCUT2D eigenvalue weighted by atomic mass is 10.1. The Hall–Kier alpha value is -2.88. The van der Waals surface area contributed by atoms with Gasteiger partial charge in [-0.3, -0.25) is 9.59 Å². The van der Waals surface area contributed by atoms with Crippen LogP contribution in [0.1, 0.15) is 22.3 Å². The second-order valence-corrected chi connectivity index (χ2v) is 9.99. The summed E-state index contributed by atoms with van der Waals surface area (Å²) in [6, 6.07) is 19.0. The summed E-state index contributed by atoms with van der Waals surface area (Å²) < 4.78 is 2.11. The molecule has 1 aromatic heterocycles. The highest BCUT2D eigenvalue weighted by Crippen LogP contribution is 2.38. The van der Waals surface area contributed by atoms with Crippen molar-refractivity contribution in [3.8, 4) is 0 Å². The summed E-state index contributed by atoms with van der Waals surface area (Å²) in [4.78, 5) is 24.4. The summed E-state index contributed by atoms with van der Waals surface area (Å²) in [6.07, 6.45) is 7.77. The third-order valence-electron chi connectivity index (χ3n) is 4.47. The van der Waals surface area contributed by atoms with Gasteiger partial charge >= 0.3 is 0 Å². The average molecular weight is 497 g/mol. The van der Waals surface area contributed by atoms with Gasteiger partial charge in [0.05, 0.1) is 33.7 Å². The standard InChI is InChI=1S/C24H24N4O2S3/c1-31-23-19(15-25-27-21(29)13-17-9-5-3-6-10-17)20(24(32-2)33-23)16-26-28-22(30)14-18-11-7-4-8-12-18/h3-12,15-16H,13-14H2,1-2H3,(H,27,29)(H,28,30)/b25-15-,26-16-. The number of hydrazone groups is 2. The van der Waals surface area contributed by atoms with Gasteiger partial charge in [-0.05, 0) is 23.6 Å². The molecule has 33 heavy (non-hydrogen) atoms. The molecule has 170 valence electrons. The summed E-state index contributed by atoms with van der Waals surface area (Å²) in [5.41, 5.74) is 8.75. The molecule has 0 atom stereocenters. The van der Waals surface area contributed by atoms with E-state index >= 15 is 0 Å². The largest absolute Gasteiger partial charge is 0.273 e. The SMILES string of the molecule is CSc1sc(SC)c(/C=N\NC(=O)Cc2ccccc2)c1/C=N\NC(=O)Cc1ccccc1. The fourth-order valence-corrected chi connectivity index (χ4v) is 5.74. The molecule has 0 radical (unpaired) electrons. The van der Waals surface area contributed by atoms with Crippen LogP contribution in [-0.4, -0.2) is 36.8 Å². The maximum absolute atomic E-state index is 12.2. The number of rotatable bonds is 10. The fourth-order valence-electron chi connectivity index (χ4n) is 2.94. The molecule has 0 bridgehead atoms. The molecule has 9 heteroatoms. The van der Waals surface area contributed by atoms with Gasteiger partial charge < -0.3 is 0 Å². The zero-order valence-corrected chi connectivity index (χ0v) is 20.7. The van der Waals surface area contributed by atoms with Gasteiger partial charge in [0.25, 0.3) is 0 Å². The van der Waals surface area contributed by atoms with Crippen LogP contribution < -0.4 is 10.9 Å². The summed E-state index contributed by atoms with van der Waals surface area (Å²) >= 11 is 4.83. The van der Waals surface area contributed by atoms with E-state index in [1.54, 1.807) is 47.3 Å². The van der Waals surface area contributed by atoms with E-state index in [0.29, 0.717) is 0 Å². The number of nitrogens with zero attached hydrogens (tertiary/aromatic N) is 2. The van der Waals surface area contributed by atoms with Crippen LogP contribution >= 0.6 is 34.9 Å². The quantitative estimate of drug-likeness (QED) is 0.245. The second kappa shape index (κ2) is 13.0. The molecule has 2 aromatic carbocycles. The summed E-state index contributed by atoms with van der Waals surface area (Å²) in [6.45, 7) is 0. The van der Waals surface area contributed by atoms with Crippen molar-refractivity contribution in [2.24, 2.45) is 10.2 Å². The highest BCUT2D eigenvalue weighted by molar-refractivity contribution is 8.02. The number of thiophene rings is 1. The van der Waals surface area contributed by atoms with Crippen molar-refractivity contribution in [1.29, 1.82) is 0 Å². The second-order valence-electron chi connectivity index (χ2n) is 6.82. The topological polar surface area (TPSA) is 82.9 Å². The first-order valence-electron chi connectivity index (χ1n) is 10.1. The van der Waals surface area contributed by atoms with Crippen LogP contribution in [0.5, 0.6) is 0 Å². The number of amides is 2. The van der Waals surface area contributed by atoms with Crippen molar-refractivity contribution in [2.45, 2.75) is 21.3 Å². The van der Waals surface area contributed by atoms with E-state index in [-0.39, 0.29) is 24.7 Å². The van der Waals surface area contributed by atoms with Crippen LogP contribution in [0.4, 0.5) is 0 Å². The smallest absolute Gasteiger partial charge is 0.244 e. The molecule has 0 aliphatic carbocycles. The van der Waals surface area contributed by atoms with Gasteiger partial charge in [0.2, 0.25) is 11.8 Å². The molecule has 0 aliphatic heterocycles. The number of benzene rings is 2. The number of carbonyl (C=O) groups is 2. The van der Waals surface area contributed by atoms with Gasteiger partial charge in [0, 0.05) is 11.1 Å². The van der Waals surface area contributed by atoms with Gasteiger partial charge in [-0.2, -0.15) is 10.2 Å². The van der Waals surface area contributed by atoms with Gasteiger partial charge in [0.15, 0.2) is 0 Å². The molecule has 2 amide bonds. The first kappa shape index (κ1) is 24.8. The summed E-state index contributed by atoms with van der Waals surface area (Å²) in [5.74, 6) is -0.376. The van der Waals surface area contributed by atoms with Crippen molar-refractivity contribution < 1.29 is 9.59 Å². The Morgan fingerprint density at radius 2 is 1.15 bits per heavy atom. The number of hydrogen-bond donors (Lipinski definition) is 2. The van der Waals surface area contributed by atoms with Crippen molar-refractivity contribution >= 4 is 59.1 Å². The lowest BCUT2D eigenvalue weighted by Gasteiger charge is -2.02. The van der Waals surface area contributed by atoms with Crippen molar-refractivity contribution in [3.63, 3.8) is 0 Å². The molecule has 0 saturated heterocycles. The van der Waals surface area contributed by atoms with E-state index in [4.69, 9.17) is 0 Å². The van der Waals surface area contributed by atoms with Crippen LogP contribution in [0.2, 0.25) is 0 Å². The van der Waals surface area contributed by atoms with Crippen LogP contribution in [0.15, 0.2) is 79.3 Å². The lowest BCUT2D eigenvalue weighted by Crippen LogP contribution is -2.20. The van der Waals surface area contributed by atoms with E-state index in [1.807, 2.05) is 73.2 Å². The number of nitrogens with one attached hydrogen (secondary N) is 2. The van der Waals surface area contributed by atoms with Crippen LogP contribution in [0.25, 0.3) is 0 Å². The normalized spacial score (nSPS) is 11.2. The monoisotopic (exact) mass is 496 g/mol. The molecule has 1 heterocycles. The molecule has 6 nitrogen and oxygen atoms in total. The maximum Gasteiger partial charge on any atom is 0.244 e. The third kappa shape index (κ3) is 7.59. The van der Waals surface area contributed by atoms with E-state index in [2.05, 4.69) is 21.1 Å². The highest BCUT2D eigenvalue weighted by Gasteiger charge is 2.15. The molecule has 0 saturated carbocycles. The number of carbonyl (C=O) groups excluding carboxylic acids is 2. The number of thioether (sulfide) groups is 2. The average Bonchev–Trinajstić information content (AvgIpc) is 3.17. The minimum absolute atomic E-state index is 0.188. The van der Waals surface area contributed by atoms with Crippen molar-refractivity contribution in [2.75, 3.05) is 12.5 Å². The Balaban J connectivity index is 1.67. The Morgan fingerprint density at radius 3 is 1.52 bits per heavy atom. The van der Waals surface area contributed by atoms with E-state index < -0.39 is 0 Å². The Bertz CT molecular complexity index is 1040. The van der Waals surface area contributed by atoms with E-state index in [1.165, 1.54) is 0 Å². The van der Waals surface area contributed by atoms with E-state index in [0.717, 1.165) is 30.7 Å². The molecule has 3 rings (SSSR count). The fraction of sp³-hybridized carbons (Fsp3) is 0.167. The maximum atomic E-state index is 12.2. The Morgan fingerprint density at radius 1 is 0.758 bits per heavy atom. The Kier molecular flexibility index (Phi) is 9.74. The molecule has 0 unspecified atom stereocenters. The molecular weight excluding hydrogens is 472 g/mol. The van der Waals surface area contributed by atoms with Gasteiger partial charge in [-0.1, -0.05) is 60.7 Å². The van der Waals surface area contributed by atoms with E-state index in [9.17, 15) is 9.59 Å². The van der Waals surface area contributed by atoms with Gasteiger partial charge in [-0.25, -0.2) is 10.9 Å². The highest BCUT2D eigenvalue weighted by atomic mass is 32.2. The molecule has 3 aromatic rings. The Labute approximate surface area is 206 Å². The van der Waals surface area contributed by atoms with Crippen molar-refractivity contribution in [1.82, 2.24) is 10.9 Å². The first-order chi connectivity index (χ1) is 16.1. The zero-order valence-electron chi connectivity index (χ0n) is 18.3. The van der Waals surface area contributed by atoms with Crippen LogP contribution in [-0.2, 0) is 22.4 Å². The summed E-state index contributed by atoms with van der Waals surface area (Å²) in [5, 5.41) is 8.33. The summed E-state index contributed by atoms with van der Waals surface area (Å²) in [7, 11) is 0. The third-order valence-corrected chi connectivity index (χ3v) is 7.96. The predicted octanol–water partition coefficient (Wildman–Crippen LogP) is 4.58. The van der Waals surface area contributed by atoms with Gasteiger partial charge in [-0.15, -0.1) is 34.9 Å². The molecular formula is C24H24N4O2S3. The predicted molar refractivity (Wildman–Crippen MR) is 140 cm³/mol. The molecule has 0 aliphatic rings. The van der Waals surface area contributed by atoms with Gasteiger partial charge in [0.1, 0.15) is 0 Å². The minimum Gasteiger partial charge on any atom is -0.273 e.